The van der Waals surface area contributed by atoms with E-state index in [4.69, 9.17) is 10.7 Å². The standard InChI is InChI=1S/C20H27N5O/c21-13-16-7-4-8-17(16)20(26)25-11-9-15(10-12-25)19-22-18(23-24-19)14-5-2-1-3-6-14/h1-3,5-6,15-17H,4,7-13,21H2,(H,22,23,24)/t16-,17-/m1/s1. The summed E-state index contributed by atoms with van der Waals surface area (Å²) in [5.41, 5.74) is 6.87. The zero-order valence-electron chi connectivity index (χ0n) is 15.1. The van der Waals surface area contributed by atoms with Gasteiger partial charge in [-0.2, -0.15) is 5.10 Å². The number of hydrogen-bond donors (Lipinski definition) is 2. The van der Waals surface area contributed by atoms with Gasteiger partial charge in [-0.1, -0.05) is 36.8 Å². The molecular weight excluding hydrogens is 326 g/mol. The third-order valence-corrected chi connectivity index (χ3v) is 6.01. The van der Waals surface area contributed by atoms with Crippen LogP contribution in [0.15, 0.2) is 30.3 Å². The van der Waals surface area contributed by atoms with Gasteiger partial charge in [0.2, 0.25) is 5.91 Å². The number of aromatic nitrogens is 3. The maximum absolute atomic E-state index is 12.8. The monoisotopic (exact) mass is 353 g/mol. The number of rotatable bonds is 4. The predicted octanol–water partition coefficient (Wildman–Crippen LogP) is 2.55. The number of carbonyl (C=O) groups excluding carboxylic acids is 1. The van der Waals surface area contributed by atoms with Crippen molar-refractivity contribution >= 4 is 5.91 Å². The van der Waals surface area contributed by atoms with Gasteiger partial charge in [0.15, 0.2) is 5.82 Å². The van der Waals surface area contributed by atoms with Crippen LogP contribution in [0.5, 0.6) is 0 Å². The molecule has 3 N–H and O–H groups in total. The molecule has 6 nitrogen and oxygen atoms in total. The van der Waals surface area contributed by atoms with Crippen molar-refractivity contribution in [1.82, 2.24) is 20.1 Å². The fraction of sp³-hybridized carbons (Fsp3) is 0.550. The van der Waals surface area contributed by atoms with Crippen LogP contribution >= 0.6 is 0 Å². The first-order valence-electron chi connectivity index (χ1n) is 9.73. The van der Waals surface area contributed by atoms with Gasteiger partial charge in [-0.3, -0.25) is 9.89 Å². The molecule has 0 spiro atoms. The van der Waals surface area contributed by atoms with Crippen LogP contribution in [0.25, 0.3) is 11.4 Å². The van der Waals surface area contributed by atoms with Crippen molar-refractivity contribution in [3.8, 4) is 11.4 Å². The van der Waals surface area contributed by atoms with Gasteiger partial charge in [0.1, 0.15) is 5.82 Å². The van der Waals surface area contributed by atoms with E-state index >= 15 is 0 Å². The number of piperidine rings is 1. The number of benzene rings is 1. The lowest BCUT2D eigenvalue weighted by atomic mass is 9.91. The number of hydrogen-bond acceptors (Lipinski definition) is 4. The number of amides is 1. The molecular formula is C20H27N5O. The Bertz CT molecular complexity index is 736. The van der Waals surface area contributed by atoms with E-state index in [2.05, 4.69) is 10.2 Å². The first-order chi connectivity index (χ1) is 12.8. The van der Waals surface area contributed by atoms with E-state index in [1.54, 1.807) is 0 Å². The van der Waals surface area contributed by atoms with E-state index in [0.29, 0.717) is 24.3 Å². The molecule has 1 saturated heterocycles. The average Bonchev–Trinajstić information content (AvgIpc) is 3.38. The molecule has 1 aliphatic heterocycles. The second-order valence-electron chi connectivity index (χ2n) is 7.54. The van der Waals surface area contributed by atoms with Gasteiger partial charge in [0.25, 0.3) is 0 Å². The lowest BCUT2D eigenvalue weighted by molar-refractivity contribution is -0.137. The van der Waals surface area contributed by atoms with E-state index in [1.807, 2.05) is 35.2 Å². The minimum absolute atomic E-state index is 0.145. The van der Waals surface area contributed by atoms with Crippen LogP contribution < -0.4 is 5.73 Å². The van der Waals surface area contributed by atoms with Crippen LogP contribution in [0.3, 0.4) is 0 Å². The van der Waals surface area contributed by atoms with Crippen LogP contribution in [0.1, 0.15) is 43.8 Å². The predicted molar refractivity (Wildman–Crippen MR) is 100 cm³/mol. The summed E-state index contributed by atoms with van der Waals surface area (Å²) in [6, 6.07) is 10.0. The molecule has 2 atom stereocenters. The molecule has 4 rings (SSSR count). The third kappa shape index (κ3) is 3.38. The molecule has 0 bridgehead atoms. The molecule has 138 valence electrons. The molecule has 26 heavy (non-hydrogen) atoms. The molecule has 1 aromatic carbocycles. The summed E-state index contributed by atoms with van der Waals surface area (Å²) < 4.78 is 0. The SMILES string of the molecule is NC[C@H]1CCC[C@H]1C(=O)N1CCC(c2nc(-c3ccccc3)n[nH]2)CC1. The van der Waals surface area contributed by atoms with E-state index in [1.165, 1.54) is 0 Å². The normalized spacial score (nSPS) is 24.1. The van der Waals surface area contributed by atoms with Crippen LogP contribution in [0.4, 0.5) is 0 Å². The van der Waals surface area contributed by atoms with Crippen LogP contribution in [0, 0.1) is 11.8 Å². The highest BCUT2D eigenvalue weighted by Gasteiger charge is 2.36. The number of likely N-dealkylation sites (tertiary alicyclic amines) is 1. The topological polar surface area (TPSA) is 87.9 Å². The Balaban J connectivity index is 1.37. The third-order valence-electron chi connectivity index (χ3n) is 6.01. The maximum Gasteiger partial charge on any atom is 0.226 e. The van der Waals surface area contributed by atoms with Gasteiger partial charge in [-0.25, -0.2) is 4.98 Å². The first-order valence-corrected chi connectivity index (χ1v) is 9.73. The molecule has 0 radical (unpaired) electrons. The fourth-order valence-corrected chi connectivity index (χ4v) is 4.43. The average molecular weight is 353 g/mol. The molecule has 2 aromatic rings. The van der Waals surface area contributed by atoms with Crippen LogP contribution in [-0.2, 0) is 4.79 Å². The quantitative estimate of drug-likeness (QED) is 0.884. The lowest BCUT2D eigenvalue weighted by Gasteiger charge is -2.34. The molecule has 2 heterocycles. The summed E-state index contributed by atoms with van der Waals surface area (Å²) in [6.45, 7) is 2.24. The van der Waals surface area contributed by atoms with Gasteiger partial charge in [-0.05, 0) is 38.1 Å². The minimum Gasteiger partial charge on any atom is -0.342 e. The molecule has 1 aromatic heterocycles. The second kappa shape index (κ2) is 7.58. The van der Waals surface area contributed by atoms with Crippen molar-refractivity contribution in [1.29, 1.82) is 0 Å². The Morgan fingerprint density at radius 3 is 2.65 bits per heavy atom. The van der Waals surface area contributed by atoms with Gasteiger partial charge in [0, 0.05) is 30.5 Å². The van der Waals surface area contributed by atoms with Crippen molar-refractivity contribution in [3.05, 3.63) is 36.2 Å². The van der Waals surface area contributed by atoms with E-state index in [-0.39, 0.29) is 5.92 Å². The number of H-pyrrole nitrogens is 1. The summed E-state index contributed by atoms with van der Waals surface area (Å²) >= 11 is 0. The highest BCUT2D eigenvalue weighted by Crippen LogP contribution is 2.34. The minimum atomic E-state index is 0.145. The molecule has 1 amide bonds. The van der Waals surface area contributed by atoms with Crippen LogP contribution in [-0.4, -0.2) is 45.6 Å². The molecule has 2 aliphatic rings. The summed E-state index contributed by atoms with van der Waals surface area (Å²) in [5.74, 6) is 2.87. The summed E-state index contributed by atoms with van der Waals surface area (Å²) in [6.07, 6.45) is 5.12. The van der Waals surface area contributed by atoms with Crippen molar-refractivity contribution in [2.24, 2.45) is 17.6 Å². The van der Waals surface area contributed by atoms with Crippen molar-refractivity contribution in [2.45, 2.75) is 38.0 Å². The zero-order valence-corrected chi connectivity index (χ0v) is 15.1. The Morgan fingerprint density at radius 1 is 1.15 bits per heavy atom. The van der Waals surface area contributed by atoms with Gasteiger partial charge in [-0.15, -0.1) is 0 Å². The molecule has 6 heteroatoms. The number of aromatic amines is 1. The largest absolute Gasteiger partial charge is 0.342 e. The van der Waals surface area contributed by atoms with E-state index < -0.39 is 0 Å². The number of carbonyl (C=O) groups is 1. The number of nitrogens with two attached hydrogens (primary N) is 1. The van der Waals surface area contributed by atoms with Gasteiger partial charge < -0.3 is 10.6 Å². The van der Waals surface area contributed by atoms with Crippen molar-refractivity contribution < 1.29 is 4.79 Å². The summed E-state index contributed by atoms with van der Waals surface area (Å²) in [5, 5.41) is 7.48. The Morgan fingerprint density at radius 2 is 1.92 bits per heavy atom. The lowest BCUT2D eigenvalue weighted by Crippen LogP contribution is -2.43. The molecule has 2 fully saturated rings. The van der Waals surface area contributed by atoms with E-state index in [0.717, 1.165) is 62.4 Å². The van der Waals surface area contributed by atoms with Gasteiger partial charge in [0.05, 0.1) is 0 Å². The number of nitrogens with one attached hydrogen (secondary N) is 1. The summed E-state index contributed by atoms with van der Waals surface area (Å²) in [4.78, 5) is 19.6. The fourth-order valence-electron chi connectivity index (χ4n) is 4.43. The Labute approximate surface area is 154 Å². The van der Waals surface area contributed by atoms with Crippen molar-refractivity contribution in [3.63, 3.8) is 0 Å². The number of nitrogens with zero attached hydrogens (tertiary/aromatic N) is 3. The van der Waals surface area contributed by atoms with Crippen molar-refractivity contribution in [2.75, 3.05) is 19.6 Å². The highest BCUT2D eigenvalue weighted by molar-refractivity contribution is 5.79. The smallest absolute Gasteiger partial charge is 0.226 e. The van der Waals surface area contributed by atoms with Gasteiger partial charge >= 0.3 is 0 Å². The maximum atomic E-state index is 12.8. The second-order valence-corrected chi connectivity index (χ2v) is 7.54. The van der Waals surface area contributed by atoms with Crippen LogP contribution in [0.2, 0.25) is 0 Å². The molecule has 0 unspecified atom stereocenters. The highest BCUT2D eigenvalue weighted by atomic mass is 16.2. The summed E-state index contributed by atoms with van der Waals surface area (Å²) in [7, 11) is 0. The zero-order chi connectivity index (χ0) is 17.9. The Hall–Kier alpha value is -2.21. The first kappa shape index (κ1) is 17.2. The Kier molecular flexibility index (Phi) is 5.02. The molecule has 1 saturated carbocycles. The van der Waals surface area contributed by atoms with E-state index in [9.17, 15) is 4.79 Å². The molecule has 1 aliphatic carbocycles.